The molecule has 4 nitrogen and oxygen atoms in total. The molecule has 1 aromatic carbocycles. The predicted octanol–water partition coefficient (Wildman–Crippen LogP) is 4.76. The van der Waals surface area contributed by atoms with Gasteiger partial charge in [0.1, 0.15) is 5.65 Å². The van der Waals surface area contributed by atoms with Crippen LogP contribution >= 0.6 is 0 Å². The Labute approximate surface area is 142 Å². The Morgan fingerprint density at radius 3 is 2.72 bits per heavy atom. The Balaban J connectivity index is 2.15. The van der Waals surface area contributed by atoms with Gasteiger partial charge in [0.25, 0.3) is 0 Å². The van der Waals surface area contributed by atoms with Crippen molar-refractivity contribution in [1.29, 1.82) is 0 Å². The zero-order valence-electron chi connectivity index (χ0n) is 13.5. The van der Waals surface area contributed by atoms with E-state index in [0.29, 0.717) is 29.7 Å². The molecule has 25 heavy (non-hydrogen) atoms. The lowest BCUT2D eigenvalue weighted by molar-refractivity contribution is -0.137. The van der Waals surface area contributed by atoms with E-state index in [9.17, 15) is 18.0 Å². The van der Waals surface area contributed by atoms with Gasteiger partial charge in [-0.15, -0.1) is 0 Å². The van der Waals surface area contributed by atoms with Gasteiger partial charge in [-0.1, -0.05) is 25.1 Å². The number of fused-ring (bicyclic) bond motifs is 1. The molecule has 2 aromatic heterocycles. The van der Waals surface area contributed by atoms with E-state index in [-0.39, 0.29) is 11.7 Å². The van der Waals surface area contributed by atoms with Crippen molar-refractivity contribution in [2.24, 2.45) is 0 Å². The third-order valence-corrected chi connectivity index (χ3v) is 3.73. The lowest BCUT2D eigenvalue weighted by Crippen LogP contribution is -2.12. The summed E-state index contributed by atoms with van der Waals surface area (Å²) >= 11 is 0. The van der Waals surface area contributed by atoms with Crippen molar-refractivity contribution < 1.29 is 18.0 Å². The first kappa shape index (κ1) is 17.0. The van der Waals surface area contributed by atoms with Crippen molar-refractivity contribution >= 4 is 17.4 Å². The summed E-state index contributed by atoms with van der Waals surface area (Å²) < 4.78 is 40.8. The van der Waals surface area contributed by atoms with Crippen molar-refractivity contribution in [3.63, 3.8) is 0 Å². The number of rotatable bonds is 4. The molecule has 0 unspecified atom stereocenters. The Bertz CT molecular complexity index is 915. The number of nitrogens with zero attached hydrogens (tertiary/aromatic N) is 2. The van der Waals surface area contributed by atoms with Gasteiger partial charge in [0.15, 0.2) is 5.82 Å². The lowest BCUT2D eigenvalue weighted by Gasteiger charge is -2.10. The van der Waals surface area contributed by atoms with Crippen LogP contribution in [0.3, 0.4) is 0 Å². The van der Waals surface area contributed by atoms with Gasteiger partial charge in [-0.25, -0.2) is 4.98 Å². The van der Waals surface area contributed by atoms with E-state index in [4.69, 9.17) is 0 Å². The average Bonchev–Trinajstić information content (AvgIpc) is 2.92. The number of amides is 1. The maximum absolute atomic E-state index is 13.0. The van der Waals surface area contributed by atoms with Crippen LogP contribution in [0.25, 0.3) is 16.9 Å². The zero-order valence-corrected chi connectivity index (χ0v) is 13.5. The van der Waals surface area contributed by atoms with Crippen molar-refractivity contribution in [2.45, 2.75) is 25.9 Å². The Morgan fingerprint density at radius 1 is 1.20 bits per heavy atom. The van der Waals surface area contributed by atoms with E-state index in [0.717, 1.165) is 12.1 Å². The van der Waals surface area contributed by atoms with E-state index in [2.05, 4.69) is 10.3 Å². The molecule has 0 spiro atoms. The van der Waals surface area contributed by atoms with Gasteiger partial charge >= 0.3 is 6.18 Å². The molecule has 2 heterocycles. The van der Waals surface area contributed by atoms with Gasteiger partial charge in [0.05, 0.1) is 11.3 Å². The molecule has 0 atom stereocenters. The number of halogens is 3. The standard InChI is InChI=1S/C18H16F3N3O/c1-2-6-15(25)23-17-16(24-10-4-3-9-14(24)22-17)12-7-5-8-13(11-12)18(19,20)21/h3-5,7-11H,2,6H2,1H3,(H,23,25). The second-order valence-corrected chi connectivity index (χ2v) is 5.61. The highest BCUT2D eigenvalue weighted by Crippen LogP contribution is 2.35. The van der Waals surface area contributed by atoms with Gasteiger partial charge in [-0.2, -0.15) is 13.2 Å². The van der Waals surface area contributed by atoms with Crippen molar-refractivity contribution in [3.8, 4) is 11.3 Å². The van der Waals surface area contributed by atoms with Gasteiger partial charge < -0.3 is 5.32 Å². The van der Waals surface area contributed by atoms with Gasteiger partial charge in [-0.3, -0.25) is 9.20 Å². The number of hydrogen-bond acceptors (Lipinski definition) is 2. The fraction of sp³-hybridized carbons (Fsp3) is 0.222. The number of anilines is 1. The number of nitrogens with one attached hydrogen (secondary N) is 1. The number of carbonyl (C=O) groups is 1. The summed E-state index contributed by atoms with van der Waals surface area (Å²) in [4.78, 5) is 16.3. The number of pyridine rings is 1. The summed E-state index contributed by atoms with van der Waals surface area (Å²) in [6.07, 6.45) is -1.76. The largest absolute Gasteiger partial charge is 0.416 e. The van der Waals surface area contributed by atoms with Gasteiger partial charge in [-0.05, 0) is 30.7 Å². The molecule has 130 valence electrons. The quantitative estimate of drug-likeness (QED) is 0.740. The molecular formula is C18H16F3N3O. The minimum absolute atomic E-state index is 0.223. The molecule has 7 heteroatoms. The number of benzene rings is 1. The van der Waals surface area contributed by atoms with Crippen LogP contribution < -0.4 is 5.32 Å². The summed E-state index contributed by atoms with van der Waals surface area (Å²) in [6, 6.07) is 10.2. The van der Waals surface area contributed by atoms with Crippen LogP contribution in [0.4, 0.5) is 19.0 Å². The zero-order chi connectivity index (χ0) is 18.0. The predicted molar refractivity (Wildman–Crippen MR) is 89.2 cm³/mol. The molecule has 3 aromatic rings. The molecule has 0 bridgehead atoms. The van der Waals surface area contributed by atoms with Crippen LogP contribution in [0.5, 0.6) is 0 Å². The Morgan fingerprint density at radius 2 is 2.00 bits per heavy atom. The monoisotopic (exact) mass is 347 g/mol. The number of aromatic nitrogens is 2. The second-order valence-electron chi connectivity index (χ2n) is 5.61. The molecule has 0 saturated heterocycles. The van der Waals surface area contributed by atoms with Gasteiger partial charge in [0.2, 0.25) is 5.91 Å². The van der Waals surface area contributed by atoms with E-state index >= 15 is 0 Å². The third kappa shape index (κ3) is 3.50. The Hall–Kier alpha value is -2.83. The highest BCUT2D eigenvalue weighted by Gasteiger charge is 2.31. The van der Waals surface area contributed by atoms with Crippen LogP contribution in [0.2, 0.25) is 0 Å². The molecule has 1 amide bonds. The van der Waals surface area contributed by atoms with Crippen LogP contribution in [0.1, 0.15) is 25.3 Å². The normalized spacial score (nSPS) is 11.7. The smallest absolute Gasteiger partial charge is 0.309 e. The molecule has 0 aliphatic rings. The summed E-state index contributed by atoms with van der Waals surface area (Å²) in [6.45, 7) is 1.87. The first-order valence-corrected chi connectivity index (χ1v) is 7.84. The molecule has 0 saturated carbocycles. The highest BCUT2D eigenvalue weighted by atomic mass is 19.4. The fourth-order valence-electron chi connectivity index (χ4n) is 2.62. The molecule has 0 radical (unpaired) electrons. The summed E-state index contributed by atoms with van der Waals surface area (Å²) in [7, 11) is 0. The third-order valence-electron chi connectivity index (χ3n) is 3.73. The van der Waals surface area contributed by atoms with Crippen LogP contribution in [0.15, 0.2) is 48.7 Å². The molecule has 1 N–H and O–H groups in total. The summed E-state index contributed by atoms with van der Waals surface area (Å²) in [5, 5.41) is 2.71. The van der Waals surface area contributed by atoms with E-state index in [1.807, 2.05) is 6.92 Å². The number of alkyl halides is 3. The second kappa shape index (κ2) is 6.58. The van der Waals surface area contributed by atoms with E-state index in [1.54, 1.807) is 34.9 Å². The first-order valence-electron chi connectivity index (χ1n) is 7.84. The van der Waals surface area contributed by atoms with Crippen molar-refractivity contribution in [3.05, 3.63) is 54.2 Å². The van der Waals surface area contributed by atoms with Crippen LogP contribution in [-0.4, -0.2) is 15.3 Å². The number of hydrogen-bond donors (Lipinski definition) is 1. The van der Waals surface area contributed by atoms with Crippen molar-refractivity contribution in [1.82, 2.24) is 9.38 Å². The molecule has 0 aliphatic carbocycles. The maximum atomic E-state index is 13.0. The Kier molecular flexibility index (Phi) is 4.48. The minimum atomic E-state index is -4.44. The molecule has 0 aliphatic heterocycles. The SMILES string of the molecule is CCCC(=O)Nc1nc2ccccn2c1-c1cccc(C(F)(F)F)c1. The average molecular weight is 347 g/mol. The van der Waals surface area contributed by atoms with Gasteiger partial charge in [0, 0.05) is 18.2 Å². The maximum Gasteiger partial charge on any atom is 0.416 e. The number of carbonyl (C=O) groups excluding carboxylic acids is 1. The fourth-order valence-corrected chi connectivity index (χ4v) is 2.62. The summed E-state index contributed by atoms with van der Waals surface area (Å²) in [5.74, 6) is 0.0307. The van der Waals surface area contributed by atoms with Crippen LogP contribution in [0, 0.1) is 0 Å². The highest BCUT2D eigenvalue weighted by molar-refractivity contribution is 5.94. The lowest BCUT2D eigenvalue weighted by atomic mass is 10.1. The minimum Gasteiger partial charge on any atom is -0.309 e. The molecular weight excluding hydrogens is 331 g/mol. The molecule has 0 fully saturated rings. The summed E-state index contributed by atoms with van der Waals surface area (Å²) in [5.41, 5.74) is 0.551. The van der Waals surface area contributed by atoms with E-state index in [1.165, 1.54) is 6.07 Å². The topological polar surface area (TPSA) is 46.4 Å². The van der Waals surface area contributed by atoms with Crippen LogP contribution in [-0.2, 0) is 11.0 Å². The molecule has 3 rings (SSSR count). The van der Waals surface area contributed by atoms with Crippen molar-refractivity contribution in [2.75, 3.05) is 5.32 Å². The van der Waals surface area contributed by atoms with E-state index < -0.39 is 11.7 Å². The number of imidazole rings is 1. The first-order chi connectivity index (χ1) is 11.9.